The van der Waals surface area contributed by atoms with Crippen LogP contribution in [0, 0.1) is 0 Å². The molecule has 1 saturated heterocycles. The zero-order chi connectivity index (χ0) is 23.8. The van der Waals surface area contributed by atoms with Gasteiger partial charge in [0.25, 0.3) is 5.91 Å². The fourth-order valence-corrected chi connectivity index (χ4v) is 3.48. The Morgan fingerprint density at radius 3 is 2.36 bits per heavy atom. The maximum atomic E-state index is 12.6. The van der Waals surface area contributed by atoms with E-state index in [9.17, 15) is 14.4 Å². The molecule has 10 heteroatoms. The number of hydrogen-bond donors (Lipinski definition) is 4. The SMILES string of the molecule is CN(C)CCOC(=O)NC1CCN(c2ccc(C(=O)Nc3ccccc3NC(=O)O)cc2)C1. The molecule has 10 nitrogen and oxygen atoms in total. The number of likely N-dealkylation sites (N-methyl/N-ethyl adjacent to an activating group) is 1. The summed E-state index contributed by atoms with van der Waals surface area (Å²) in [5.41, 5.74) is 2.07. The van der Waals surface area contributed by atoms with Gasteiger partial charge in [-0.05, 0) is 56.9 Å². The van der Waals surface area contributed by atoms with Gasteiger partial charge in [0.1, 0.15) is 6.61 Å². The van der Waals surface area contributed by atoms with E-state index < -0.39 is 12.2 Å². The van der Waals surface area contributed by atoms with E-state index in [1.165, 1.54) is 0 Å². The van der Waals surface area contributed by atoms with Crippen LogP contribution < -0.4 is 20.9 Å². The van der Waals surface area contributed by atoms with Crippen LogP contribution in [0.1, 0.15) is 16.8 Å². The van der Waals surface area contributed by atoms with Crippen molar-refractivity contribution in [3.8, 4) is 0 Å². The lowest BCUT2D eigenvalue weighted by molar-refractivity contribution is 0.102. The second-order valence-corrected chi connectivity index (χ2v) is 7.99. The zero-order valence-corrected chi connectivity index (χ0v) is 18.7. The van der Waals surface area contributed by atoms with Crippen LogP contribution in [-0.2, 0) is 4.74 Å². The topological polar surface area (TPSA) is 123 Å². The highest BCUT2D eigenvalue weighted by atomic mass is 16.5. The lowest BCUT2D eigenvalue weighted by Crippen LogP contribution is -2.38. The van der Waals surface area contributed by atoms with Gasteiger partial charge in [0.05, 0.1) is 17.4 Å². The molecule has 33 heavy (non-hydrogen) atoms. The second-order valence-electron chi connectivity index (χ2n) is 7.99. The van der Waals surface area contributed by atoms with Crippen molar-refractivity contribution in [3.63, 3.8) is 0 Å². The maximum absolute atomic E-state index is 12.6. The molecule has 0 aromatic heterocycles. The molecule has 1 aliphatic heterocycles. The Morgan fingerprint density at radius 2 is 1.73 bits per heavy atom. The van der Waals surface area contributed by atoms with Crippen LogP contribution >= 0.6 is 0 Å². The van der Waals surface area contributed by atoms with Crippen LogP contribution in [0.5, 0.6) is 0 Å². The predicted octanol–water partition coefficient (Wildman–Crippen LogP) is 2.90. The Morgan fingerprint density at radius 1 is 1.06 bits per heavy atom. The fraction of sp³-hybridized carbons (Fsp3) is 0.348. The average Bonchev–Trinajstić information content (AvgIpc) is 3.23. The fourth-order valence-electron chi connectivity index (χ4n) is 3.48. The standard InChI is InChI=1S/C23H29N5O5/c1-27(2)13-14-33-23(32)24-17-11-12-28(15-17)18-9-7-16(8-10-18)21(29)25-19-5-3-4-6-20(19)26-22(30)31/h3-10,17,26H,11-15H2,1-2H3,(H,24,32)(H,25,29)(H,30,31). The molecular formula is C23H29N5O5. The van der Waals surface area contributed by atoms with Crippen molar-refractivity contribution in [1.29, 1.82) is 0 Å². The quantitative estimate of drug-likeness (QED) is 0.483. The molecule has 0 radical (unpaired) electrons. The molecule has 4 N–H and O–H groups in total. The molecule has 3 amide bonds. The minimum absolute atomic E-state index is 0.00179. The van der Waals surface area contributed by atoms with Crippen LogP contribution in [0.3, 0.4) is 0 Å². The number of para-hydroxylation sites is 2. The van der Waals surface area contributed by atoms with Crippen molar-refractivity contribution in [2.75, 3.05) is 55.9 Å². The van der Waals surface area contributed by atoms with Crippen molar-refractivity contribution >= 4 is 35.2 Å². The smallest absolute Gasteiger partial charge is 0.409 e. The number of carbonyl (C=O) groups excluding carboxylic acids is 2. The van der Waals surface area contributed by atoms with Gasteiger partial charge in [0.15, 0.2) is 0 Å². The van der Waals surface area contributed by atoms with Gasteiger partial charge in [-0.2, -0.15) is 0 Å². The van der Waals surface area contributed by atoms with E-state index in [2.05, 4.69) is 20.9 Å². The number of carboxylic acid groups (broad SMARTS) is 1. The summed E-state index contributed by atoms with van der Waals surface area (Å²) in [5.74, 6) is -0.345. The van der Waals surface area contributed by atoms with Gasteiger partial charge in [-0.1, -0.05) is 12.1 Å². The summed E-state index contributed by atoms with van der Waals surface area (Å²) in [6, 6.07) is 13.7. The van der Waals surface area contributed by atoms with E-state index in [0.717, 1.165) is 18.7 Å². The van der Waals surface area contributed by atoms with Gasteiger partial charge in [-0.3, -0.25) is 10.1 Å². The summed E-state index contributed by atoms with van der Waals surface area (Å²) < 4.78 is 5.18. The number of benzene rings is 2. The lowest BCUT2D eigenvalue weighted by atomic mass is 10.1. The van der Waals surface area contributed by atoms with Crippen molar-refractivity contribution in [2.45, 2.75) is 12.5 Å². The van der Waals surface area contributed by atoms with Gasteiger partial charge in [0.2, 0.25) is 0 Å². The number of ether oxygens (including phenoxy) is 1. The first-order chi connectivity index (χ1) is 15.8. The molecule has 1 fully saturated rings. The number of anilines is 3. The van der Waals surface area contributed by atoms with E-state index in [1.54, 1.807) is 36.4 Å². The van der Waals surface area contributed by atoms with Crippen LogP contribution in [0.2, 0.25) is 0 Å². The van der Waals surface area contributed by atoms with Gasteiger partial charge in [0, 0.05) is 30.9 Å². The molecule has 0 aliphatic carbocycles. The predicted molar refractivity (Wildman–Crippen MR) is 126 cm³/mol. The highest BCUT2D eigenvalue weighted by Gasteiger charge is 2.24. The molecule has 2 aromatic rings. The highest BCUT2D eigenvalue weighted by molar-refractivity contribution is 6.06. The minimum Gasteiger partial charge on any atom is -0.465 e. The molecule has 1 atom stereocenters. The Balaban J connectivity index is 1.53. The van der Waals surface area contributed by atoms with Crippen LogP contribution in [-0.4, -0.2) is 74.5 Å². The lowest BCUT2D eigenvalue weighted by Gasteiger charge is -2.19. The number of amides is 3. The maximum Gasteiger partial charge on any atom is 0.409 e. The third kappa shape index (κ3) is 7.11. The summed E-state index contributed by atoms with van der Waals surface area (Å²) >= 11 is 0. The third-order valence-corrected chi connectivity index (χ3v) is 5.19. The van der Waals surface area contributed by atoms with E-state index in [-0.39, 0.29) is 11.9 Å². The Kier molecular flexibility index (Phi) is 8.09. The summed E-state index contributed by atoms with van der Waals surface area (Å²) in [6.07, 6.45) is -0.812. The van der Waals surface area contributed by atoms with Crippen molar-refractivity contribution in [3.05, 3.63) is 54.1 Å². The summed E-state index contributed by atoms with van der Waals surface area (Å²) in [4.78, 5) is 39.6. The van der Waals surface area contributed by atoms with Crippen LogP contribution in [0.25, 0.3) is 0 Å². The molecular weight excluding hydrogens is 426 g/mol. The largest absolute Gasteiger partial charge is 0.465 e. The monoisotopic (exact) mass is 455 g/mol. The number of nitrogens with zero attached hydrogens (tertiary/aromatic N) is 2. The minimum atomic E-state index is -1.21. The molecule has 1 aliphatic rings. The summed E-state index contributed by atoms with van der Waals surface area (Å²) in [5, 5.41) is 16.8. The number of rotatable bonds is 8. The van der Waals surface area contributed by atoms with Crippen molar-refractivity contribution in [2.24, 2.45) is 0 Å². The number of nitrogens with one attached hydrogen (secondary N) is 3. The van der Waals surface area contributed by atoms with Crippen LogP contribution in [0.4, 0.5) is 26.7 Å². The van der Waals surface area contributed by atoms with Crippen LogP contribution in [0.15, 0.2) is 48.5 Å². The highest BCUT2D eigenvalue weighted by Crippen LogP contribution is 2.24. The van der Waals surface area contributed by atoms with E-state index in [4.69, 9.17) is 9.84 Å². The first kappa shape index (κ1) is 23.9. The molecule has 1 unspecified atom stereocenters. The van der Waals surface area contributed by atoms with Gasteiger partial charge >= 0.3 is 12.2 Å². The van der Waals surface area contributed by atoms with E-state index in [0.29, 0.717) is 36.6 Å². The average molecular weight is 456 g/mol. The van der Waals surface area contributed by atoms with Crippen molar-refractivity contribution < 1.29 is 24.2 Å². The zero-order valence-electron chi connectivity index (χ0n) is 18.7. The molecule has 0 saturated carbocycles. The second kappa shape index (κ2) is 11.2. The molecule has 0 spiro atoms. The van der Waals surface area contributed by atoms with Gasteiger partial charge in [-0.15, -0.1) is 0 Å². The Labute approximate surface area is 192 Å². The number of carbonyl (C=O) groups is 3. The first-order valence-corrected chi connectivity index (χ1v) is 10.6. The number of hydrogen-bond acceptors (Lipinski definition) is 6. The summed E-state index contributed by atoms with van der Waals surface area (Å²) in [6.45, 7) is 2.45. The Hall–Kier alpha value is -3.79. The first-order valence-electron chi connectivity index (χ1n) is 10.6. The number of alkyl carbamates (subject to hydrolysis) is 1. The molecule has 2 aromatic carbocycles. The van der Waals surface area contributed by atoms with E-state index in [1.807, 2.05) is 31.1 Å². The van der Waals surface area contributed by atoms with Crippen molar-refractivity contribution in [1.82, 2.24) is 10.2 Å². The van der Waals surface area contributed by atoms with Gasteiger partial charge in [-0.25, -0.2) is 9.59 Å². The molecule has 176 valence electrons. The third-order valence-electron chi connectivity index (χ3n) is 5.19. The normalized spacial score (nSPS) is 15.2. The molecule has 0 bridgehead atoms. The summed E-state index contributed by atoms with van der Waals surface area (Å²) in [7, 11) is 3.83. The molecule has 1 heterocycles. The van der Waals surface area contributed by atoms with E-state index >= 15 is 0 Å². The van der Waals surface area contributed by atoms with Gasteiger partial charge < -0.3 is 30.3 Å². The molecule has 3 rings (SSSR count). The Bertz CT molecular complexity index is 979.